The molecule has 0 radical (unpaired) electrons. The predicted octanol–water partition coefficient (Wildman–Crippen LogP) is 1.53. The molecule has 1 amide bonds. The van der Waals surface area contributed by atoms with Crippen LogP contribution in [0.15, 0.2) is 0 Å². The van der Waals surface area contributed by atoms with Gasteiger partial charge in [-0.25, -0.2) is 8.42 Å². The summed E-state index contributed by atoms with van der Waals surface area (Å²) in [6, 6.07) is 0.399. The van der Waals surface area contributed by atoms with Crippen LogP contribution in [0.25, 0.3) is 0 Å². The molecule has 1 aliphatic carbocycles. The van der Waals surface area contributed by atoms with E-state index in [-0.39, 0.29) is 22.7 Å². The third kappa shape index (κ3) is 6.27. The molecule has 2 atom stereocenters. The molecule has 0 bridgehead atoms. The van der Waals surface area contributed by atoms with Crippen LogP contribution in [0.5, 0.6) is 0 Å². The highest BCUT2D eigenvalue weighted by Crippen LogP contribution is 2.28. The number of hydrogen-bond acceptors (Lipinski definition) is 5. The molecule has 1 saturated carbocycles. The monoisotopic (exact) mass is 362 g/mol. The van der Waals surface area contributed by atoms with Gasteiger partial charge >= 0.3 is 0 Å². The van der Waals surface area contributed by atoms with Crippen LogP contribution in [0.2, 0.25) is 0 Å². The van der Waals surface area contributed by atoms with Crippen molar-refractivity contribution in [1.82, 2.24) is 10.2 Å². The lowest BCUT2D eigenvalue weighted by Crippen LogP contribution is -2.45. The maximum Gasteiger partial charge on any atom is 0.230 e. The van der Waals surface area contributed by atoms with Crippen molar-refractivity contribution >= 4 is 27.5 Å². The zero-order valence-corrected chi connectivity index (χ0v) is 15.9. The third-order valence-electron chi connectivity index (χ3n) is 5.01. The zero-order chi connectivity index (χ0) is 16.9. The summed E-state index contributed by atoms with van der Waals surface area (Å²) < 4.78 is 22.9. The van der Waals surface area contributed by atoms with Gasteiger partial charge in [0.2, 0.25) is 5.91 Å². The van der Waals surface area contributed by atoms with Crippen molar-refractivity contribution in [3.05, 3.63) is 0 Å². The lowest BCUT2D eigenvalue weighted by Gasteiger charge is -2.35. The molecule has 1 saturated heterocycles. The molecule has 0 spiro atoms. The molecule has 2 fully saturated rings. The van der Waals surface area contributed by atoms with E-state index < -0.39 is 9.84 Å². The predicted molar refractivity (Wildman–Crippen MR) is 96.6 cm³/mol. The van der Waals surface area contributed by atoms with E-state index in [1.54, 1.807) is 0 Å². The second-order valence-corrected chi connectivity index (χ2v) is 10.6. The Morgan fingerprint density at radius 2 is 1.91 bits per heavy atom. The first-order chi connectivity index (χ1) is 10.9. The van der Waals surface area contributed by atoms with Crippen molar-refractivity contribution in [3.63, 3.8) is 0 Å². The first-order valence-corrected chi connectivity index (χ1v) is 11.5. The van der Waals surface area contributed by atoms with Gasteiger partial charge in [0.25, 0.3) is 0 Å². The van der Waals surface area contributed by atoms with Gasteiger partial charge in [-0.05, 0) is 39.3 Å². The summed E-state index contributed by atoms with van der Waals surface area (Å²) in [5.41, 5.74) is 0. The van der Waals surface area contributed by atoms with Gasteiger partial charge in [0.1, 0.15) is 0 Å². The van der Waals surface area contributed by atoms with Crippen LogP contribution >= 0.6 is 11.8 Å². The molecule has 0 aromatic heterocycles. The fourth-order valence-electron chi connectivity index (χ4n) is 3.65. The molecule has 0 unspecified atom stereocenters. The number of nitrogens with zero attached hydrogens (tertiary/aromatic N) is 1. The van der Waals surface area contributed by atoms with Crippen LogP contribution in [0, 0.1) is 5.92 Å². The number of nitrogens with one attached hydrogen (secondary N) is 1. The minimum atomic E-state index is -2.85. The van der Waals surface area contributed by atoms with Gasteiger partial charge in [0.05, 0.1) is 17.3 Å². The lowest BCUT2D eigenvalue weighted by atomic mass is 9.83. The summed E-state index contributed by atoms with van der Waals surface area (Å²) in [5, 5.41) is 3.15. The quantitative estimate of drug-likeness (QED) is 0.744. The van der Waals surface area contributed by atoms with E-state index in [0.29, 0.717) is 30.7 Å². The van der Waals surface area contributed by atoms with Crippen molar-refractivity contribution in [2.75, 3.05) is 37.9 Å². The number of likely N-dealkylation sites (N-methyl/N-ethyl adjacent to an activating group) is 1. The van der Waals surface area contributed by atoms with Crippen LogP contribution in [0.4, 0.5) is 0 Å². The number of thioether (sulfide) groups is 1. The average molecular weight is 363 g/mol. The number of rotatable bonds is 7. The molecule has 5 nitrogen and oxygen atoms in total. The van der Waals surface area contributed by atoms with Gasteiger partial charge in [-0.1, -0.05) is 19.3 Å². The number of carbonyl (C=O) groups is 1. The van der Waals surface area contributed by atoms with Gasteiger partial charge in [-0.3, -0.25) is 4.79 Å². The van der Waals surface area contributed by atoms with Crippen LogP contribution in [-0.4, -0.2) is 68.4 Å². The molecule has 23 heavy (non-hydrogen) atoms. The molecule has 2 aliphatic rings. The summed E-state index contributed by atoms with van der Waals surface area (Å²) in [4.78, 5) is 14.3. The molecule has 1 aliphatic heterocycles. The number of amides is 1. The highest BCUT2D eigenvalue weighted by atomic mass is 32.2. The smallest absolute Gasteiger partial charge is 0.230 e. The third-order valence-corrected chi connectivity index (χ3v) is 8.29. The molecule has 134 valence electrons. The second kappa shape index (κ2) is 8.72. The second-order valence-electron chi connectivity index (χ2n) is 7.07. The Morgan fingerprint density at radius 3 is 2.48 bits per heavy atom. The van der Waals surface area contributed by atoms with E-state index in [1.165, 1.54) is 43.9 Å². The van der Waals surface area contributed by atoms with E-state index in [2.05, 4.69) is 24.3 Å². The highest BCUT2D eigenvalue weighted by Gasteiger charge is 2.29. The summed E-state index contributed by atoms with van der Waals surface area (Å²) in [6.07, 6.45) is 7.14. The molecule has 7 heteroatoms. The SMILES string of the molecule is CN(C)[C@H](CNC(=O)CS[C@H]1CCS(=O)(=O)C1)C1CCCCC1. The van der Waals surface area contributed by atoms with Crippen molar-refractivity contribution in [1.29, 1.82) is 0 Å². The topological polar surface area (TPSA) is 66.5 Å². The standard InChI is InChI=1S/C16H30N2O3S2/c1-18(2)15(13-6-4-3-5-7-13)10-17-16(19)11-22-14-8-9-23(20,21)12-14/h13-15H,3-12H2,1-2H3,(H,17,19)/t14-,15+/m0/s1. The van der Waals surface area contributed by atoms with Crippen LogP contribution in [0.3, 0.4) is 0 Å². The Bertz CT molecular complexity index is 488. The van der Waals surface area contributed by atoms with Crippen LogP contribution in [0.1, 0.15) is 38.5 Å². The Labute approximate surface area is 144 Å². The summed E-state index contributed by atoms with van der Waals surface area (Å²) >= 11 is 1.49. The Hall–Kier alpha value is -0.270. The fraction of sp³-hybridized carbons (Fsp3) is 0.938. The molecule has 1 heterocycles. The Balaban J connectivity index is 1.71. The maximum atomic E-state index is 12.1. The first-order valence-electron chi connectivity index (χ1n) is 8.62. The zero-order valence-electron chi connectivity index (χ0n) is 14.3. The van der Waals surface area contributed by atoms with E-state index in [1.807, 2.05) is 0 Å². The average Bonchev–Trinajstić information content (AvgIpc) is 2.85. The highest BCUT2D eigenvalue weighted by molar-refractivity contribution is 8.02. The number of sulfone groups is 1. The molecule has 0 aromatic carbocycles. The maximum absolute atomic E-state index is 12.1. The minimum absolute atomic E-state index is 0.0296. The van der Waals surface area contributed by atoms with Gasteiger partial charge in [-0.2, -0.15) is 0 Å². The van der Waals surface area contributed by atoms with E-state index in [4.69, 9.17) is 0 Å². The Morgan fingerprint density at radius 1 is 1.22 bits per heavy atom. The van der Waals surface area contributed by atoms with Crippen molar-refractivity contribution in [2.24, 2.45) is 5.92 Å². The number of carbonyl (C=O) groups excluding carboxylic acids is 1. The molecular weight excluding hydrogens is 332 g/mol. The normalized spacial score (nSPS) is 26.3. The number of hydrogen-bond donors (Lipinski definition) is 1. The van der Waals surface area contributed by atoms with Crippen LogP contribution < -0.4 is 5.32 Å². The van der Waals surface area contributed by atoms with E-state index >= 15 is 0 Å². The Kier molecular flexibility index (Phi) is 7.22. The molecular formula is C16H30N2O3S2. The largest absolute Gasteiger partial charge is 0.354 e. The van der Waals surface area contributed by atoms with Crippen molar-refractivity contribution in [2.45, 2.75) is 49.8 Å². The van der Waals surface area contributed by atoms with Crippen molar-refractivity contribution < 1.29 is 13.2 Å². The first kappa shape index (κ1) is 19.1. The minimum Gasteiger partial charge on any atom is -0.354 e. The summed E-state index contributed by atoms with van der Waals surface area (Å²) in [5.74, 6) is 1.57. The van der Waals surface area contributed by atoms with E-state index in [0.717, 1.165) is 0 Å². The van der Waals surface area contributed by atoms with Crippen molar-refractivity contribution in [3.8, 4) is 0 Å². The lowest BCUT2D eigenvalue weighted by molar-refractivity contribution is -0.118. The molecule has 2 rings (SSSR count). The molecule has 0 aromatic rings. The van der Waals surface area contributed by atoms with Gasteiger partial charge < -0.3 is 10.2 Å². The van der Waals surface area contributed by atoms with Crippen LogP contribution in [-0.2, 0) is 14.6 Å². The van der Waals surface area contributed by atoms with Gasteiger partial charge in [-0.15, -0.1) is 11.8 Å². The fourth-order valence-corrected chi connectivity index (χ4v) is 7.12. The summed E-state index contributed by atoms with van der Waals surface area (Å²) in [6.45, 7) is 0.694. The van der Waals surface area contributed by atoms with E-state index in [9.17, 15) is 13.2 Å². The van der Waals surface area contributed by atoms with Gasteiger partial charge in [0.15, 0.2) is 9.84 Å². The summed E-state index contributed by atoms with van der Waals surface area (Å²) in [7, 11) is 1.32. The molecule has 1 N–H and O–H groups in total. The van der Waals surface area contributed by atoms with Gasteiger partial charge in [0, 0.05) is 17.8 Å².